The van der Waals surface area contributed by atoms with E-state index in [4.69, 9.17) is 5.26 Å². The average Bonchev–Trinajstić information content (AvgIpc) is 2.24. The SMILES string of the molecule is C/C=C\C(=C/C)c1cc(C)cc(C#N)c1. The summed E-state index contributed by atoms with van der Waals surface area (Å²) in [4.78, 5) is 0. The molecule has 0 aliphatic carbocycles. The number of hydrogen-bond acceptors (Lipinski definition) is 1. The third-order valence-corrected chi connectivity index (χ3v) is 2.20. The molecule has 0 saturated carbocycles. The molecule has 1 aromatic rings. The van der Waals surface area contributed by atoms with Gasteiger partial charge in [0.15, 0.2) is 0 Å². The van der Waals surface area contributed by atoms with Gasteiger partial charge in [-0.15, -0.1) is 0 Å². The van der Waals surface area contributed by atoms with Crippen LogP contribution < -0.4 is 0 Å². The summed E-state index contributed by atoms with van der Waals surface area (Å²) >= 11 is 0. The molecule has 1 aromatic carbocycles. The van der Waals surface area contributed by atoms with E-state index in [-0.39, 0.29) is 0 Å². The van der Waals surface area contributed by atoms with Crippen molar-refractivity contribution < 1.29 is 0 Å². The first-order chi connectivity index (χ1) is 7.21. The maximum Gasteiger partial charge on any atom is 0.0991 e. The molecule has 15 heavy (non-hydrogen) atoms. The van der Waals surface area contributed by atoms with Gasteiger partial charge >= 0.3 is 0 Å². The first-order valence-electron chi connectivity index (χ1n) is 5.02. The Morgan fingerprint density at radius 3 is 2.53 bits per heavy atom. The molecule has 0 heterocycles. The predicted octanol–water partition coefficient (Wildman–Crippen LogP) is 3.85. The quantitative estimate of drug-likeness (QED) is 0.661. The van der Waals surface area contributed by atoms with Crippen LogP contribution in [0.4, 0.5) is 0 Å². The van der Waals surface area contributed by atoms with Crippen LogP contribution in [-0.2, 0) is 0 Å². The summed E-state index contributed by atoms with van der Waals surface area (Å²) < 4.78 is 0. The minimum Gasteiger partial charge on any atom is -0.192 e. The van der Waals surface area contributed by atoms with Gasteiger partial charge in [0.1, 0.15) is 0 Å². The molecule has 1 nitrogen and oxygen atoms in total. The Bertz CT molecular complexity index is 445. The molecular weight excluding hydrogens is 182 g/mol. The van der Waals surface area contributed by atoms with Crippen LogP contribution in [-0.4, -0.2) is 0 Å². The van der Waals surface area contributed by atoms with Crippen molar-refractivity contribution >= 4 is 5.57 Å². The summed E-state index contributed by atoms with van der Waals surface area (Å²) in [5, 5.41) is 8.88. The summed E-state index contributed by atoms with van der Waals surface area (Å²) in [6.07, 6.45) is 6.11. The highest BCUT2D eigenvalue weighted by molar-refractivity contribution is 5.74. The zero-order valence-corrected chi connectivity index (χ0v) is 9.41. The Morgan fingerprint density at radius 1 is 1.27 bits per heavy atom. The Morgan fingerprint density at radius 2 is 2.00 bits per heavy atom. The number of nitrogens with zero attached hydrogens (tertiary/aromatic N) is 1. The largest absolute Gasteiger partial charge is 0.192 e. The van der Waals surface area contributed by atoms with Crippen molar-refractivity contribution in [3.8, 4) is 6.07 Å². The van der Waals surface area contributed by atoms with Gasteiger partial charge in [0.2, 0.25) is 0 Å². The molecular formula is C14H15N. The van der Waals surface area contributed by atoms with Crippen LogP contribution in [0.2, 0.25) is 0 Å². The summed E-state index contributed by atoms with van der Waals surface area (Å²) in [5.41, 5.74) is 4.09. The third kappa shape index (κ3) is 2.82. The van der Waals surface area contributed by atoms with E-state index in [1.807, 2.05) is 39.0 Å². The van der Waals surface area contributed by atoms with Crippen LogP contribution in [0.15, 0.2) is 36.4 Å². The molecule has 0 bridgehead atoms. The summed E-state index contributed by atoms with van der Waals surface area (Å²) in [6.45, 7) is 6.00. The second kappa shape index (κ2) is 5.17. The molecule has 76 valence electrons. The molecule has 0 amide bonds. The van der Waals surface area contributed by atoms with Gasteiger partial charge in [-0.25, -0.2) is 0 Å². The lowest BCUT2D eigenvalue weighted by Gasteiger charge is -2.04. The zero-order chi connectivity index (χ0) is 11.3. The molecule has 1 rings (SSSR count). The number of hydrogen-bond donors (Lipinski definition) is 0. The van der Waals surface area contributed by atoms with Crippen LogP contribution in [0.1, 0.15) is 30.5 Å². The van der Waals surface area contributed by atoms with Crippen LogP contribution in [0, 0.1) is 18.3 Å². The minimum atomic E-state index is 0.717. The van der Waals surface area contributed by atoms with Crippen molar-refractivity contribution in [3.05, 3.63) is 53.1 Å². The molecule has 0 atom stereocenters. The Labute approximate surface area is 91.4 Å². The van der Waals surface area contributed by atoms with Gasteiger partial charge in [0, 0.05) is 0 Å². The smallest absolute Gasteiger partial charge is 0.0991 e. The van der Waals surface area contributed by atoms with Gasteiger partial charge in [-0.1, -0.05) is 24.3 Å². The van der Waals surface area contributed by atoms with Crippen molar-refractivity contribution in [1.29, 1.82) is 5.26 Å². The predicted molar refractivity (Wildman–Crippen MR) is 64.4 cm³/mol. The number of allylic oxidation sites excluding steroid dienone is 4. The van der Waals surface area contributed by atoms with Gasteiger partial charge < -0.3 is 0 Å². The second-order valence-electron chi connectivity index (χ2n) is 3.44. The normalized spacial score (nSPS) is 11.7. The van der Waals surface area contributed by atoms with Crippen LogP contribution in [0.5, 0.6) is 0 Å². The lowest BCUT2D eigenvalue weighted by molar-refractivity contribution is 1.40. The van der Waals surface area contributed by atoms with E-state index in [2.05, 4.69) is 24.3 Å². The van der Waals surface area contributed by atoms with Crippen molar-refractivity contribution in [2.24, 2.45) is 0 Å². The summed E-state index contributed by atoms with van der Waals surface area (Å²) in [6, 6.07) is 8.09. The second-order valence-corrected chi connectivity index (χ2v) is 3.44. The fourth-order valence-electron chi connectivity index (χ4n) is 1.55. The minimum absolute atomic E-state index is 0.717. The van der Waals surface area contributed by atoms with Crippen LogP contribution in [0.3, 0.4) is 0 Å². The van der Waals surface area contributed by atoms with Crippen LogP contribution >= 0.6 is 0 Å². The maximum atomic E-state index is 8.88. The number of aryl methyl sites for hydroxylation is 1. The highest BCUT2D eigenvalue weighted by atomic mass is 14.2. The molecule has 0 radical (unpaired) electrons. The standard InChI is InChI=1S/C14H15N/c1-4-6-13(5-2)14-8-11(3)7-12(9-14)10-15/h4-9H,1-3H3/b6-4-,13-5+. The van der Waals surface area contributed by atoms with E-state index in [0.29, 0.717) is 5.56 Å². The van der Waals surface area contributed by atoms with E-state index >= 15 is 0 Å². The van der Waals surface area contributed by atoms with E-state index in [0.717, 1.165) is 16.7 Å². The molecule has 1 heteroatoms. The van der Waals surface area contributed by atoms with E-state index < -0.39 is 0 Å². The fraction of sp³-hybridized carbons (Fsp3) is 0.214. The molecule has 0 fully saturated rings. The molecule has 0 N–H and O–H groups in total. The third-order valence-electron chi connectivity index (χ3n) is 2.20. The molecule has 0 saturated heterocycles. The Balaban J connectivity index is 3.26. The van der Waals surface area contributed by atoms with Gasteiger partial charge in [-0.05, 0) is 49.6 Å². The number of rotatable bonds is 2. The fourth-order valence-corrected chi connectivity index (χ4v) is 1.55. The highest BCUT2D eigenvalue weighted by Crippen LogP contribution is 2.19. The molecule has 0 aliphatic heterocycles. The Kier molecular flexibility index (Phi) is 3.88. The zero-order valence-electron chi connectivity index (χ0n) is 9.41. The number of nitriles is 1. The molecule has 0 aromatic heterocycles. The first kappa shape index (κ1) is 11.3. The van der Waals surface area contributed by atoms with Gasteiger partial charge in [0.25, 0.3) is 0 Å². The van der Waals surface area contributed by atoms with Gasteiger partial charge in [0.05, 0.1) is 11.6 Å². The van der Waals surface area contributed by atoms with Crippen LogP contribution in [0.25, 0.3) is 5.57 Å². The van der Waals surface area contributed by atoms with Crippen molar-refractivity contribution in [1.82, 2.24) is 0 Å². The molecule has 0 aliphatic rings. The maximum absolute atomic E-state index is 8.88. The highest BCUT2D eigenvalue weighted by Gasteiger charge is 2.00. The lowest BCUT2D eigenvalue weighted by atomic mass is 10.0. The van der Waals surface area contributed by atoms with E-state index in [1.165, 1.54) is 0 Å². The van der Waals surface area contributed by atoms with Crippen molar-refractivity contribution in [2.45, 2.75) is 20.8 Å². The summed E-state index contributed by atoms with van der Waals surface area (Å²) in [7, 11) is 0. The van der Waals surface area contributed by atoms with Gasteiger partial charge in [-0.3, -0.25) is 0 Å². The topological polar surface area (TPSA) is 23.8 Å². The van der Waals surface area contributed by atoms with Crippen molar-refractivity contribution in [2.75, 3.05) is 0 Å². The lowest BCUT2D eigenvalue weighted by Crippen LogP contribution is -1.86. The molecule has 0 spiro atoms. The number of benzene rings is 1. The average molecular weight is 197 g/mol. The summed E-state index contributed by atoms with van der Waals surface area (Å²) in [5.74, 6) is 0. The monoisotopic (exact) mass is 197 g/mol. The Hall–Kier alpha value is -1.81. The van der Waals surface area contributed by atoms with Gasteiger partial charge in [-0.2, -0.15) is 5.26 Å². The molecule has 0 unspecified atom stereocenters. The van der Waals surface area contributed by atoms with Crippen molar-refractivity contribution in [3.63, 3.8) is 0 Å². The first-order valence-corrected chi connectivity index (χ1v) is 5.02. The van der Waals surface area contributed by atoms with E-state index in [9.17, 15) is 0 Å². The van der Waals surface area contributed by atoms with E-state index in [1.54, 1.807) is 0 Å².